The van der Waals surface area contributed by atoms with Gasteiger partial charge in [0.25, 0.3) is 0 Å². The highest BCUT2D eigenvalue weighted by Crippen LogP contribution is 2.22. The van der Waals surface area contributed by atoms with Crippen molar-refractivity contribution in [3.63, 3.8) is 0 Å². The van der Waals surface area contributed by atoms with E-state index in [1.54, 1.807) is 19.4 Å². The SMILES string of the molecule is COc1cc(OCCn2ccnc2C)cc(C(N)=S)c1. The Kier molecular flexibility index (Phi) is 4.57. The number of ether oxygens (including phenoxy) is 2. The van der Waals surface area contributed by atoms with E-state index in [9.17, 15) is 0 Å². The van der Waals surface area contributed by atoms with Gasteiger partial charge in [0, 0.05) is 24.0 Å². The van der Waals surface area contributed by atoms with Gasteiger partial charge < -0.3 is 19.8 Å². The van der Waals surface area contributed by atoms with Gasteiger partial charge in [-0.1, -0.05) is 12.2 Å². The van der Waals surface area contributed by atoms with Gasteiger partial charge in [-0.15, -0.1) is 0 Å². The number of nitrogens with two attached hydrogens (primary N) is 1. The molecule has 0 fully saturated rings. The highest BCUT2D eigenvalue weighted by Gasteiger charge is 2.05. The maximum absolute atomic E-state index is 5.72. The summed E-state index contributed by atoms with van der Waals surface area (Å²) in [6, 6.07) is 5.41. The normalized spacial score (nSPS) is 10.3. The fourth-order valence-corrected chi connectivity index (χ4v) is 1.93. The van der Waals surface area contributed by atoms with Crippen LogP contribution in [0.2, 0.25) is 0 Å². The molecular formula is C14H17N3O2S. The molecule has 0 saturated carbocycles. The minimum Gasteiger partial charge on any atom is -0.497 e. The lowest BCUT2D eigenvalue weighted by Gasteiger charge is -2.11. The summed E-state index contributed by atoms with van der Waals surface area (Å²) in [5.41, 5.74) is 6.37. The summed E-state index contributed by atoms with van der Waals surface area (Å²) in [7, 11) is 1.59. The zero-order valence-electron chi connectivity index (χ0n) is 11.5. The predicted octanol–water partition coefficient (Wildman–Crippen LogP) is 1.91. The molecule has 0 bridgehead atoms. The number of aryl methyl sites for hydroxylation is 1. The number of hydrogen-bond donors (Lipinski definition) is 1. The second-order valence-corrected chi connectivity index (χ2v) is 4.72. The standard InChI is InChI=1S/C14H17N3O2S/c1-10-16-3-4-17(10)5-6-19-13-8-11(14(15)20)7-12(9-13)18-2/h3-4,7-9H,5-6H2,1-2H3,(H2,15,20). The fourth-order valence-electron chi connectivity index (χ4n) is 1.82. The summed E-state index contributed by atoms with van der Waals surface area (Å²) in [6.07, 6.45) is 3.69. The van der Waals surface area contributed by atoms with E-state index < -0.39 is 0 Å². The quantitative estimate of drug-likeness (QED) is 0.824. The third-order valence-electron chi connectivity index (χ3n) is 2.92. The molecule has 0 amide bonds. The first-order chi connectivity index (χ1) is 9.60. The first-order valence-corrected chi connectivity index (χ1v) is 6.60. The Hall–Kier alpha value is -2.08. The van der Waals surface area contributed by atoms with E-state index in [0.717, 1.165) is 17.9 Å². The molecule has 0 atom stereocenters. The second-order valence-electron chi connectivity index (χ2n) is 4.28. The van der Waals surface area contributed by atoms with Crippen molar-refractivity contribution >= 4 is 17.2 Å². The molecule has 2 rings (SSSR count). The average Bonchev–Trinajstić information content (AvgIpc) is 2.84. The van der Waals surface area contributed by atoms with Gasteiger partial charge in [0.1, 0.15) is 28.9 Å². The van der Waals surface area contributed by atoms with E-state index in [-0.39, 0.29) is 0 Å². The van der Waals surface area contributed by atoms with Gasteiger partial charge in [-0.3, -0.25) is 0 Å². The first-order valence-electron chi connectivity index (χ1n) is 6.19. The van der Waals surface area contributed by atoms with Crippen LogP contribution in [0.4, 0.5) is 0 Å². The van der Waals surface area contributed by atoms with Crippen LogP contribution in [-0.2, 0) is 6.54 Å². The lowest BCUT2D eigenvalue weighted by molar-refractivity contribution is 0.295. The Labute approximate surface area is 123 Å². The molecule has 0 spiro atoms. The summed E-state index contributed by atoms with van der Waals surface area (Å²) in [5.74, 6) is 2.32. The van der Waals surface area contributed by atoms with Crippen LogP contribution in [-0.4, -0.2) is 28.3 Å². The van der Waals surface area contributed by atoms with E-state index in [4.69, 9.17) is 27.4 Å². The number of imidazole rings is 1. The molecule has 106 valence electrons. The van der Waals surface area contributed by atoms with E-state index in [1.165, 1.54) is 0 Å². The van der Waals surface area contributed by atoms with Crippen molar-refractivity contribution in [3.05, 3.63) is 42.0 Å². The topological polar surface area (TPSA) is 62.3 Å². The van der Waals surface area contributed by atoms with Gasteiger partial charge >= 0.3 is 0 Å². The maximum Gasteiger partial charge on any atom is 0.123 e. The summed E-state index contributed by atoms with van der Waals surface area (Å²) < 4.78 is 13.0. The molecule has 0 aliphatic carbocycles. The van der Waals surface area contributed by atoms with Gasteiger partial charge in [0.2, 0.25) is 0 Å². The molecule has 1 heterocycles. The molecule has 2 N–H and O–H groups in total. The number of benzene rings is 1. The van der Waals surface area contributed by atoms with Gasteiger partial charge in [-0.25, -0.2) is 4.98 Å². The average molecular weight is 291 g/mol. The van der Waals surface area contributed by atoms with Crippen LogP contribution in [0.25, 0.3) is 0 Å². The second kappa shape index (κ2) is 6.38. The minimum atomic E-state index is 0.319. The predicted molar refractivity (Wildman–Crippen MR) is 81.3 cm³/mol. The molecular weight excluding hydrogens is 274 g/mol. The molecule has 20 heavy (non-hydrogen) atoms. The van der Waals surface area contributed by atoms with Crippen LogP contribution in [0.15, 0.2) is 30.6 Å². The summed E-state index contributed by atoms with van der Waals surface area (Å²) in [6.45, 7) is 3.21. The van der Waals surface area contributed by atoms with Crippen molar-refractivity contribution in [3.8, 4) is 11.5 Å². The van der Waals surface area contributed by atoms with Crippen LogP contribution in [0.3, 0.4) is 0 Å². The van der Waals surface area contributed by atoms with Crippen molar-refractivity contribution < 1.29 is 9.47 Å². The summed E-state index contributed by atoms with van der Waals surface area (Å²) in [5, 5.41) is 0. The summed E-state index contributed by atoms with van der Waals surface area (Å²) >= 11 is 4.98. The highest BCUT2D eigenvalue weighted by atomic mass is 32.1. The third kappa shape index (κ3) is 3.48. The molecule has 0 aliphatic rings. The molecule has 0 unspecified atom stereocenters. The molecule has 0 aliphatic heterocycles. The number of aromatic nitrogens is 2. The number of thiocarbonyl (C=S) groups is 1. The van der Waals surface area contributed by atoms with E-state index >= 15 is 0 Å². The molecule has 0 radical (unpaired) electrons. The van der Waals surface area contributed by atoms with Crippen molar-refractivity contribution in [1.82, 2.24) is 9.55 Å². The lowest BCUT2D eigenvalue weighted by atomic mass is 10.2. The zero-order valence-corrected chi connectivity index (χ0v) is 12.3. The first kappa shape index (κ1) is 14.3. The minimum absolute atomic E-state index is 0.319. The van der Waals surface area contributed by atoms with Crippen LogP contribution >= 0.6 is 12.2 Å². The van der Waals surface area contributed by atoms with Crippen LogP contribution < -0.4 is 15.2 Å². The highest BCUT2D eigenvalue weighted by molar-refractivity contribution is 7.80. The van der Waals surface area contributed by atoms with Gasteiger partial charge in [0.05, 0.1) is 13.7 Å². The smallest absolute Gasteiger partial charge is 0.123 e. The number of nitrogens with zero attached hydrogens (tertiary/aromatic N) is 2. The fraction of sp³-hybridized carbons (Fsp3) is 0.286. The Balaban J connectivity index is 2.03. The van der Waals surface area contributed by atoms with E-state index in [2.05, 4.69) is 4.98 Å². The van der Waals surface area contributed by atoms with Crippen LogP contribution in [0.5, 0.6) is 11.5 Å². The lowest BCUT2D eigenvalue weighted by Crippen LogP contribution is -2.11. The van der Waals surface area contributed by atoms with Crippen molar-refractivity contribution in [2.75, 3.05) is 13.7 Å². The van der Waals surface area contributed by atoms with Gasteiger partial charge in [-0.2, -0.15) is 0 Å². The molecule has 2 aromatic rings. The third-order valence-corrected chi connectivity index (χ3v) is 3.16. The Morgan fingerprint density at radius 2 is 2.10 bits per heavy atom. The van der Waals surface area contributed by atoms with Gasteiger partial charge in [0.15, 0.2) is 0 Å². The number of hydrogen-bond acceptors (Lipinski definition) is 4. The maximum atomic E-state index is 5.72. The molecule has 6 heteroatoms. The van der Waals surface area contributed by atoms with Crippen LogP contribution in [0.1, 0.15) is 11.4 Å². The van der Waals surface area contributed by atoms with Crippen molar-refractivity contribution in [2.24, 2.45) is 5.73 Å². The van der Waals surface area contributed by atoms with Gasteiger partial charge in [-0.05, 0) is 19.1 Å². The van der Waals surface area contributed by atoms with E-state index in [1.807, 2.05) is 29.8 Å². The molecule has 0 saturated heterocycles. The Bertz CT molecular complexity index is 610. The number of rotatable bonds is 6. The summed E-state index contributed by atoms with van der Waals surface area (Å²) in [4.78, 5) is 4.48. The molecule has 1 aromatic carbocycles. The number of methoxy groups -OCH3 is 1. The Morgan fingerprint density at radius 3 is 2.70 bits per heavy atom. The molecule has 1 aromatic heterocycles. The monoisotopic (exact) mass is 291 g/mol. The zero-order chi connectivity index (χ0) is 14.5. The molecule has 5 nitrogen and oxygen atoms in total. The Morgan fingerprint density at radius 1 is 1.35 bits per heavy atom. The van der Waals surface area contributed by atoms with Crippen molar-refractivity contribution in [2.45, 2.75) is 13.5 Å². The van der Waals surface area contributed by atoms with E-state index in [0.29, 0.717) is 23.1 Å². The largest absolute Gasteiger partial charge is 0.497 e. The van der Waals surface area contributed by atoms with Crippen molar-refractivity contribution in [1.29, 1.82) is 0 Å². The van der Waals surface area contributed by atoms with Crippen LogP contribution in [0, 0.1) is 6.92 Å².